The maximum Gasteiger partial charge on any atom is 0.289 e. The summed E-state index contributed by atoms with van der Waals surface area (Å²) in [4.78, 5) is 12.3. The number of rotatable bonds is 9. The van der Waals surface area contributed by atoms with Crippen LogP contribution in [0.25, 0.3) is 11.3 Å². The molecule has 0 spiro atoms. The van der Waals surface area contributed by atoms with E-state index in [4.69, 9.17) is 4.74 Å². The zero-order chi connectivity index (χ0) is 21.3. The molecule has 1 heterocycles. The highest BCUT2D eigenvalue weighted by molar-refractivity contribution is 9.10. The van der Waals surface area contributed by atoms with Crippen molar-refractivity contribution in [1.82, 2.24) is 15.6 Å². The summed E-state index contributed by atoms with van der Waals surface area (Å²) in [6.45, 7) is 2.87. The number of aromatic hydroxyl groups is 1. The standard InChI is InChI=1S/C22H23BrN4O3/c1-2-3-4-11-30-18-8-5-15(6-9-18)19-13-20(26-25-19)22(29)27-24-14-16-12-17(23)7-10-21(16)28/h5-10,12-14,28H,2-4,11H2,1H3,(H,25,26)(H,27,29). The van der Waals surface area contributed by atoms with Gasteiger partial charge >= 0.3 is 0 Å². The molecule has 1 aromatic heterocycles. The Morgan fingerprint density at radius 3 is 2.80 bits per heavy atom. The summed E-state index contributed by atoms with van der Waals surface area (Å²) in [7, 11) is 0. The lowest BCUT2D eigenvalue weighted by Gasteiger charge is -2.06. The van der Waals surface area contributed by atoms with Crippen molar-refractivity contribution in [3.05, 3.63) is 64.3 Å². The summed E-state index contributed by atoms with van der Waals surface area (Å²) in [5, 5.41) is 20.6. The van der Waals surface area contributed by atoms with Gasteiger partial charge < -0.3 is 9.84 Å². The van der Waals surface area contributed by atoms with Crippen molar-refractivity contribution in [3.8, 4) is 22.8 Å². The van der Waals surface area contributed by atoms with Crippen molar-refractivity contribution in [3.63, 3.8) is 0 Å². The average molecular weight is 471 g/mol. The molecule has 0 radical (unpaired) electrons. The Kier molecular flexibility index (Phi) is 7.62. The van der Waals surface area contributed by atoms with E-state index >= 15 is 0 Å². The number of amides is 1. The number of phenolic OH excluding ortho intramolecular Hbond substituents is 1. The zero-order valence-corrected chi connectivity index (χ0v) is 18.1. The van der Waals surface area contributed by atoms with Crippen LogP contribution in [0.1, 0.15) is 42.2 Å². The Hall–Kier alpha value is -3.13. The predicted molar refractivity (Wildman–Crippen MR) is 120 cm³/mol. The van der Waals surface area contributed by atoms with Gasteiger partial charge in [-0.05, 0) is 55.0 Å². The van der Waals surface area contributed by atoms with Crippen LogP contribution in [0.4, 0.5) is 0 Å². The summed E-state index contributed by atoms with van der Waals surface area (Å²) in [5.74, 6) is 0.446. The van der Waals surface area contributed by atoms with E-state index < -0.39 is 5.91 Å². The zero-order valence-electron chi connectivity index (χ0n) is 16.6. The highest BCUT2D eigenvalue weighted by Crippen LogP contribution is 2.22. The molecule has 0 unspecified atom stereocenters. The van der Waals surface area contributed by atoms with Gasteiger partial charge in [0.1, 0.15) is 17.2 Å². The number of aromatic amines is 1. The molecule has 0 aliphatic carbocycles. The highest BCUT2D eigenvalue weighted by Gasteiger charge is 2.11. The van der Waals surface area contributed by atoms with Crippen LogP contribution in [0, 0.1) is 0 Å². The summed E-state index contributed by atoms with van der Waals surface area (Å²) in [6.07, 6.45) is 4.73. The molecule has 0 bridgehead atoms. The van der Waals surface area contributed by atoms with Gasteiger partial charge in [0.15, 0.2) is 0 Å². The van der Waals surface area contributed by atoms with E-state index in [0.717, 1.165) is 35.0 Å². The van der Waals surface area contributed by atoms with Crippen molar-refractivity contribution < 1.29 is 14.6 Å². The lowest BCUT2D eigenvalue weighted by Crippen LogP contribution is -2.18. The fourth-order valence-electron chi connectivity index (χ4n) is 2.70. The SMILES string of the molecule is CCCCCOc1ccc(-c2cc(C(=O)NN=Cc3cc(Br)ccc3O)[nH]n2)cc1. The van der Waals surface area contributed by atoms with E-state index in [9.17, 15) is 9.90 Å². The molecule has 0 fully saturated rings. The number of H-pyrrole nitrogens is 1. The highest BCUT2D eigenvalue weighted by atomic mass is 79.9. The van der Waals surface area contributed by atoms with E-state index in [1.165, 1.54) is 12.3 Å². The summed E-state index contributed by atoms with van der Waals surface area (Å²) >= 11 is 3.32. The first-order valence-electron chi connectivity index (χ1n) is 9.67. The minimum Gasteiger partial charge on any atom is -0.507 e. The molecule has 0 aliphatic heterocycles. The number of hydrogen-bond donors (Lipinski definition) is 3. The van der Waals surface area contributed by atoms with Gasteiger partial charge in [-0.2, -0.15) is 10.2 Å². The number of carbonyl (C=O) groups is 1. The van der Waals surface area contributed by atoms with E-state index in [1.807, 2.05) is 24.3 Å². The van der Waals surface area contributed by atoms with E-state index in [-0.39, 0.29) is 11.4 Å². The average Bonchev–Trinajstić information content (AvgIpc) is 3.24. The van der Waals surface area contributed by atoms with Crippen LogP contribution in [0.5, 0.6) is 11.5 Å². The minimum atomic E-state index is -0.435. The molecule has 30 heavy (non-hydrogen) atoms. The van der Waals surface area contributed by atoms with Crippen LogP contribution in [0.2, 0.25) is 0 Å². The number of hydrazone groups is 1. The monoisotopic (exact) mass is 470 g/mol. The second-order valence-corrected chi connectivity index (χ2v) is 7.56. The minimum absolute atomic E-state index is 0.0674. The molecular formula is C22H23BrN4O3. The molecular weight excluding hydrogens is 448 g/mol. The number of carbonyl (C=O) groups excluding carboxylic acids is 1. The number of ether oxygens (including phenoxy) is 1. The molecule has 2 aromatic carbocycles. The molecule has 156 valence electrons. The molecule has 1 amide bonds. The molecule has 3 rings (SSSR count). The molecule has 0 atom stereocenters. The van der Waals surface area contributed by atoms with Gasteiger partial charge in [-0.3, -0.25) is 9.89 Å². The van der Waals surface area contributed by atoms with E-state index in [2.05, 4.69) is 43.6 Å². The first kappa shape index (κ1) is 21.6. The van der Waals surface area contributed by atoms with Crippen LogP contribution in [0.15, 0.2) is 58.1 Å². The number of halogens is 1. The third-order valence-corrected chi connectivity index (χ3v) is 4.84. The lowest BCUT2D eigenvalue weighted by atomic mass is 10.1. The molecule has 3 aromatic rings. The lowest BCUT2D eigenvalue weighted by molar-refractivity contribution is 0.0950. The maximum atomic E-state index is 12.3. The number of nitrogens with zero attached hydrogens (tertiary/aromatic N) is 2. The third-order valence-electron chi connectivity index (χ3n) is 4.35. The van der Waals surface area contributed by atoms with Gasteiger partial charge in [-0.15, -0.1) is 0 Å². The van der Waals surface area contributed by atoms with Crippen molar-refractivity contribution in [2.45, 2.75) is 26.2 Å². The second-order valence-electron chi connectivity index (χ2n) is 6.65. The van der Waals surface area contributed by atoms with Crippen molar-refractivity contribution >= 4 is 28.1 Å². The number of aromatic nitrogens is 2. The van der Waals surface area contributed by atoms with Crippen LogP contribution in [-0.4, -0.2) is 34.0 Å². The molecule has 0 saturated heterocycles. The number of benzene rings is 2. The summed E-state index contributed by atoms with van der Waals surface area (Å²) < 4.78 is 6.50. The predicted octanol–water partition coefficient (Wildman–Crippen LogP) is 4.88. The van der Waals surface area contributed by atoms with Crippen molar-refractivity contribution in [1.29, 1.82) is 0 Å². The van der Waals surface area contributed by atoms with Crippen molar-refractivity contribution in [2.24, 2.45) is 5.10 Å². The Morgan fingerprint density at radius 1 is 1.23 bits per heavy atom. The fraction of sp³-hybridized carbons (Fsp3) is 0.227. The van der Waals surface area contributed by atoms with Gasteiger partial charge in [0.25, 0.3) is 5.91 Å². The first-order valence-corrected chi connectivity index (χ1v) is 10.5. The van der Waals surface area contributed by atoms with Gasteiger partial charge in [0, 0.05) is 15.6 Å². The molecule has 8 heteroatoms. The van der Waals surface area contributed by atoms with Gasteiger partial charge in [-0.1, -0.05) is 35.7 Å². The van der Waals surface area contributed by atoms with Crippen LogP contribution in [-0.2, 0) is 0 Å². The normalized spacial score (nSPS) is 11.0. The van der Waals surface area contributed by atoms with Gasteiger partial charge in [0.2, 0.25) is 0 Å². The van der Waals surface area contributed by atoms with Crippen LogP contribution >= 0.6 is 15.9 Å². The Labute approximate surface area is 183 Å². The quantitative estimate of drug-likeness (QED) is 0.235. The molecule has 7 nitrogen and oxygen atoms in total. The third kappa shape index (κ3) is 5.93. The van der Waals surface area contributed by atoms with E-state index in [0.29, 0.717) is 17.9 Å². The number of phenols is 1. The van der Waals surface area contributed by atoms with Gasteiger partial charge in [0.05, 0.1) is 18.5 Å². The topological polar surface area (TPSA) is 99.6 Å². The number of unbranched alkanes of at least 4 members (excludes halogenated alkanes) is 2. The van der Waals surface area contributed by atoms with Gasteiger partial charge in [-0.25, -0.2) is 5.43 Å². The molecule has 3 N–H and O–H groups in total. The first-order chi connectivity index (χ1) is 14.6. The number of hydrogen-bond acceptors (Lipinski definition) is 5. The van der Waals surface area contributed by atoms with Crippen molar-refractivity contribution in [2.75, 3.05) is 6.61 Å². The maximum absolute atomic E-state index is 12.3. The molecule has 0 aliphatic rings. The Morgan fingerprint density at radius 2 is 2.03 bits per heavy atom. The van der Waals surface area contributed by atoms with Crippen LogP contribution < -0.4 is 10.2 Å². The van der Waals surface area contributed by atoms with Crippen LogP contribution in [0.3, 0.4) is 0 Å². The Balaban J connectivity index is 1.58. The summed E-state index contributed by atoms with van der Waals surface area (Å²) in [5.41, 5.74) is 4.69. The second kappa shape index (κ2) is 10.6. The smallest absolute Gasteiger partial charge is 0.289 e. The summed E-state index contributed by atoms with van der Waals surface area (Å²) in [6, 6.07) is 14.2. The number of nitrogens with one attached hydrogen (secondary N) is 2. The van der Waals surface area contributed by atoms with E-state index in [1.54, 1.807) is 18.2 Å². The Bertz CT molecular complexity index is 1020. The molecule has 0 saturated carbocycles. The largest absolute Gasteiger partial charge is 0.507 e. The fourth-order valence-corrected chi connectivity index (χ4v) is 3.08.